The summed E-state index contributed by atoms with van der Waals surface area (Å²) in [6, 6.07) is 13.7. The van der Waals surface area contributed by atoms with Crippen molar-refractivity contribution in [2.24, 2.45) is 0 Å². The zero-order valence-corrected chi connectivity index (χ0v) is 21.3. The topological polar surface area (TPSA) is 21.7 Å². The second-order valence-corrected chi connectivity index (χ2v) is 11.4. The lowest BCUT2D eigenvalue weighted by atomic mass is 9.71. The van der Waals surface area contributed by atoms with Crippen molar-refractivity contribution in [3.05, 3.63) is 82.4 Å². The van der Waals surface area contributed by atoms with Crippen LogP contribution in [0.3, 0.4) is 0 Å². The molecule has 33 heavy (non-hydrogen) atoms. The van der Waals surface area contributed by atoms with Gasteiger partial charge in [-0.1, -0.05) is 62.4 Å². The quantitative estimate of drug-likeness (QED) is 0.470. The number of anilines is 2. The third-order valence-electron chi connectivity index (χ3n) is 8.38. The number of fused-ring (bicyclic) bond motifs is 2. The molecule has 172 valence electrons. The fourth-order valence-electron chi connectivity index (χ4n) is 5.44. The van der Waals surface area contributed by atoms with Crippen LogP contribution in [0.4, 0.5) is 11.4 Å². The molecule has 2 aromatic carbocycles. The van der Waals surface area contributed by atoms with Gasteiger partial charge in [0.15, 0.2) is 0 Å². The van der Waals surface area contributed by atoms with Gasteiger partial charge in [0.25, 0.3) is 0 Å². The summed E-state index contributed by atoms with van der Waals surface area (Å²) in [5.41, 5.74) is 8.47. The number of rotatable bonds is 2. The molecule has 0 aromatic heterocycles. The molecule has 2 heterocycles. The van der Waals surface area contributed by atoms with Gasteiger partial charge in [0.1, 0.15) is 0 Å². The van der Waals surface area contributed by atoms with Gasteiger partial charge in [-0.3, -0.25) is 0 Å². The van der Waals surface area contributed by atoms with E-state index < -0.39 is 0 Å². The lowest BCUT2D eigenvalue weighted by molar-refractivity contribution is 0.00578. The van der Waals surface area contributed by atoms with Gasteiger partial charge >= 0.3 is 7.12 Å². The van der Waals surface area contributed by atoms with Gasteiger partial charge in [-0.15, -0.1) is 0 Å². The molecule has 0 saturated carbocycles. The molecule has 0 N–H and O–H groups in total. The van der Waals surface area contributed by atoms with Gasteiger partial charge in [-0.25, -0.2) is 0 Å². The largest absolute Gasteiger partial charge is 0.494 e. The van der Waals surface area contributed by atoms with Crippen molar-refractivity contribution >= 4 is 18.5 Å². The summed E-state index contributed by atoms with van der Waals surface area (Å²) in [6.07, 6.45) is 7.77. The summed E-state index contributed by atoms with van der Waals surface area (Å²) in [5.74, 6) is 0. The molecule has 1 fully saturated rings. The monoisotopic (exact) mass is 441 g/mol. The molecule has 2 aliphatic heterocycles. The standard InChI is InChI=1S/C29H36BNO2/c1-19-16-17-24-26(20(19)2)31(25-15-10-9-14-23(25)27(24,3)4)22-13-11-12-21(18-22)30-32-28(5,6)29(7,8)33-30/h9-12,14-18,22H,13H2,1-8H3. The Morgan fingerprint density at radius 2 is 1.55 bits per heavy atom. The lowest BCUT2D eigenvalue weighted by Gasteiger charge is -2.46. The molecule has 3 nitrogen and oxygen atoms in total. The van der Waals surface area contributed by atoms with Gasteiger partial charge in [-0.05, 0) is 81.8 Å². The number of hydrogen-bond donors (Lipinski definition) is 0. The number of allylic oxidation sites excluding steroid dienone is 2. The summed E-state index contributed by atoms with van der Waals surface area (Å²) in [6.45, 7) is 17.6. The van der Waals surface area contributed by atoms with E-state index in [-0.39, 0.29) is 29.8 Å². The summed E-state index contributed by atoms with van der Waals surface area (Å²) in [5, 5.41) is 0. The van der Waals surface area contributed by atoms with E-state index in [1.807, 2.05) is 0 Å². The minimum absolute atomic E-state index is 0.0519. The van der Waals surface area contributed by atoms with E-state index in [1.165, 1.54) is 33.6 Å². The molecule has 0 bridgehead atoms. The number of benzene rings is 2. The summed E-state index contributed by atoms with van der Waals surface area (Å²) in [4.78, 5) is 2.56. The van der Waals surface area contributed by atoms with E-state index in [0.29, 0.717) is 0 Å². The fraction of sp³-hybridized carbons (Fsp3) is 0.448. The van der Waals surface area contributed by atoms with Crippen LogP contribution < -0.4 is 4.90 Å². The van der Waals surface area contributed by atoms with Gasteiger partial charge in [-0.2, -0.15) is 0 Å². The van der Waals surface area contributed by atoms with Crippen molar-refractivity contribution < 1.29 is 9.31 Å². The summed E-state index contributed by atoms with van der Waals surface area (Å²) in [7, 11) is -0.344. The van der Waals surface area contributed by atoms with Crippen LogP contribution in [0.25, 0.3) is 0 Å². The first kappa shape index (κ1) is 22.5. The highest BCUT2D eigenvalue weighted by molar-refractivity contribution is 6.55. The Balaban J connectivity index is 1.63. The molecular formula is C29H36BNO2. The van der Waals surface area contributed by atoms with E-state index in [1.54, 1.807) is 0 Å². The Hall–Kier alpha value is -2.30. The lowest BCUT2D eigenvalue weighted by Crippen LogP contribution is -2.41. The van der Waals surface area contributed by atoms with Crippen molar-refractivity contribution in [2.45, 2.75) is 84.5 Å². The molecule has 1 atom stereocenters. The van der Waals surface area contributed by atoms with Crippen molar-refractivity contribution in [1.82, 2.24) is 0 Å². The van der Waals surface area contributed by atoms with Crippen LogP contribution in [-0.2, 0) is 14.7 Å². The average molecular weight is 441 g/mol. The van der Waals surface area contributed by atoms with Gasteiger partial charge in [0, 0.05) is 16.8 Å². The van der Waals surface area contributed by atoms with E-state index >= 15 is 0 Å². The zero-order chi connectivity index (χ0) is 23.8. The minimum atomic E-state index is -0.346. The highest BCUT2D eigenvalue weighted by atomic mass is 16.7. The van der Waals surface area contributed by atoms with Crippen molar-refractivity contribution in [3.63, 3.8) is 0 Å². The van der Waals surface area contributed by atoms with Crippen molar-refractivity contribution in [1.29, 1.82) is 0 Å². The Bertz CT molecular complexity index is 1160. The highest BCUT2D eigenvalue weighted by Crippen LogP contribution is 2.52. The molecule has 0 spiro atoms. The smallest absolute Gasteiger partial charge is 0.399 e. The fourth-order valence-corrected chi connectivity index (χ4v) is 5.44. The van der Waals surface area contributed by atoms with Crippen LogP contribution in [0.5, 0.6) is 0 Å². The third-order valence-corrected chi connectivity index (χ3v) is 8.38. The highest BCUT2D eigenvalue weighted by Gasteiger charge is 2.52. The Kier molecular flexibility index (Phi) is 5.01. The van der Waals surface area contributed by atoms with Crippen LogP contribution >= 0.6 is 0 Å². The van der Waals surface area contributed by atoms with Crippen molar-refractivity contribution in [2.75, 3.05) is 4.90 Å². The van der Waals surface area contributed by atoms with E-state index in [0.717, 1.165) is 11.9 Å². The van der Waals surface area contributed by atoms with Crippen LogP contribution in [0.15, 0.2) is 60.1 Å². The van der Waals surface area contributed by atoms with Gasteiger partial charge in [0.2, 0.25) is 0 Å². The predicted molar refractivity (Wildman–Crippen MR) is 138 cm³/mol. The van der Waals surface area contributed by atoms with Crippen LogP contribution in [0.2, 0.25) is 0 Å². The maximum atomic E-state index is 6.39. The van der Waals surface area contributed by atoms with Crippen LogP contribution in [0.1, 0.15) is 70.2 Å². The first-order chi connectivity index (χ1) is 15.4. The van der Waals surface area contributed by atoms with E-state index in [4.69, 9.17) is 9.31 Å². The van der Waals surface area contributed by atoms with Crippen LogP contribution in [0, 0.1) is 13.8 Å². The molecule has 0 amide bonds. The Morgan fingerprint density at radius 3 is 2.24 bits per heavy atom. The van der Waals surface area contributed by atoms with Crippen molar-refractivity contribution in [3.8, 4) is 0 Å². The van der Waals surface area contributed by atoms with Crippen LogP contribution in [-0.4, -0.2) is 24.4 Å². The molecule has 4 heteroatoms. The molecule has 0 radical (unpaired) electrons. The Labute approximate surface area is 199 Å². The molecule has 1 unspecified atom stereocenters. The molecule has 1 aliphatic carbocycles. The SMILES string of the molecule is Cc1ccc2c(c1C)N(C1C=C(B3OC(C)(C)C(C)(C)O3)C=CC1)c1ccccc1C2(C)C. The zero-order valence-electron chi connectivity index (χ0n) is 21.3. The first-order valence-corrected chi connectivity index (χ1v) is 12.2. The molecular weight excluding hydrogens is 405 g/mol. The molecule has 2 aromatic rings. The van der Waals surface area contributed by atoms with Gasteiger partial charge in [0.05, 0.1) is 17.2 Å². The number of hydrogen-bond acceptors (Lipinski definition) is 3. The maximum Gasteiger partial charge on any atom is 0.494 e. The second-order valence-electron chi connectivity index (χ2n) is 11.4. The summed E-state index contributed by atoms with van der Waals surface area (Å²) >= 11 is 0. The molecule has 1 saturated heterocycles. The first-order valence-electron chi connectivity index (χ1n) is 12.2. The summed E-state index contributed by atoms with van der Waals surface area (Å²) < 4.78 is 12.8. The second kappa shape index (κ2) is 7.35. The van der Waals surface area contributed by atoms with E-state index in [2.05, 4.69) is 115 Å². The number of nitrogens with zero attached hydrogens (tertiary/aromatic N) is 1. The third kappa shape index (κ3) is 3.33. The normalized spacial score (nSPS) is 24.4. The van der Waals surface area contributed by atoms with Gasteiger partial charge < -0.3 is 14.2 Å². The predicted octanol–water partition coefficient (Wildman–Crippen LogP) is 6.97. The molecule has 5 rings (SSSR count). The van der Waals surface area contributed by atoms with E-state index in [9.17, 15) is 0 Å². The Morgan fingerprint density at radius 1 is 0.879 bits per heavy atom. The maximum absolute atomic E-state index is 6.39. The number of para-hydroxylation sites is 1. The number of aryl methyl sites for hydroxylation is 1. The molecule has 3 aliphatic rings. The average Bonchev–Trinajstić information content (AvgIpc) is 2.98. The minimum Gasteiger partial charge on any atom is -0.399 e.